The van der Waals surface area contributed by atoms with Crippen LogP contribution >= 0.6 is 0 Å². The van der Waals surface area contributed by atoms with Gasteiger partial charge < -0.3 is 19.9 Å². The summed E-state index contributed by atoms with van der Waals surface area (Å²) >= 11 is 0. The van der Waals surface area contributed by atoms with Gasteiger partial charge in [-0.3, -0.25) is 10.1 Å². The number of aliphatic carboxylic acids is 1. The number of benzene rings is 1. The zero-order valence-electron chi connectivity index (χ0n) is 11.9. The molecule has 0 bridgehead atoms. The molecule has 1 heterocycles. The van der Waals surface area contributed by atoms with Gasteiger partial charge >= 0.3 is 11.7 Å². The lowest BCUT2D eigenvalue weighted by atomic mass is 10.2. The molecule has 1 aromatic heterocycles. The molecule has 0 fully saturated rings. The number of hydrogen-bond acceptors (Lipinski definition) is 9. The van der Waals surface area contributed by atoms with Crippen molar-refractivity contribution in [1.29, 1.82) is 0 Å². The van der Waals surface area contributed by atoms with Crippen LogP contribution in [0.4, 0.5) is 11.4 Å². The highest BCUT2D eigenvalue weighted by atomic mass is 16.6. The van der Waals surface area contributed by atoms with E-state index < -0.39 is 10.9 Å². The largest absolute Gasteiger partial charge is 0.480 e. The van der Waals surface area contributed by atoms with Gasteiger partial charge in [-0.1, -0.05) is 0 Å². The van der Waals surface area contributed by atoms with Gasteiger partial charge in [0.15, 0.2) is 5.52 Å². The van der Waals surface area contributed by atoms with Crippen LogP contribution in [0.1, 0.15) is 0 Å². The molecule has 11 nitrogen and oxygen atoms in total. The number of carboxylic acid groups (broad SMARTS) is 1. The van der Waals surface area contributed by atoms with Crippen LogP contribution in [0.3, 0.4) is 0 Å². The van der Waals surface area contributed by atoms with Crippen molar-refractivity contribution < 1.29 is 28.9 Å². The van der Waals surface area contributed by atoms with E-state index in [0.29, 0.717) is 18.8 Å². The summed E-state index contributed by atoms with van der Waals surface area (Å²) in [5.74, 6) is -1.03. The number of hydrogen-bond donors (Lipinski definition) is 2. The molecule has 2 aromatic rings. The number of carboxylic acids is 1. The monoisotopic (exact) mass is 326 g/mol. The Bertz CT molecular complexity index is 687. The van der Waals surface area contributed by atoms with Gasteiger partial charge in [-0.05, 0) is 16.4 Å². The third-order valence-electron chi connectivity index (χ3n) is 2.75. The SMILES string of the molecule is O=C(O)COCCOCCNc1ccc([N+](=O)[O-])c2nonc12. The summed E-state index contributed by atoms with van der Waals surface area (Å²) in [6, 6.07) is 2.83. The Kier molecular flexibility index (Phi) is 5.77. The van der Waals surface area contributed by atoms with Gasteiger partial charge in [-0.25, -0.2) is 9.42 Å². The standard InChI is InChI=1S/C12H14N4O7/c17-10(18)7-22-6-5-21-4-3-13-8-1-2-9(16(19)20)12-11(8)14-23-15-12/h1-2,13H,3-7H2,(H,17,18). The number of fused-ring (bicyclic) bond motifs is 1. The number of nitro groups is 1. The number of nitrogens with zero attached hydrogens (tertiary/aromatic N) is 3. The minimum atomic E-state index is -1.03. The molecule has 0 radical (unpaired) electrons. The lowest BCUT2D eigenvalue weighted by Crippen LogP contribution is -2.14. The van der Waals surface area contributed by atoms with E-state index in [1.807, 2.05) is 0 Å². The fourth-order valence-corrected chi connectivity index (χ4v) is 1.78. The maximum atomic E-state index is 10.9. The van der Waals surface area contributed by atoms with Crippen LogP contribution in [-0.2, 0) is 14.3 Å². The summed E-state index contributed by atoms with van der Waals surface area (Å²) < 4.78 is 14.6. The highest BCUT2D eigenvalue weighted by molar-refractivity contribution is 5.93. The van der Waals surface area contributed by atoms with Crippen molar-refractivity contribution in [3.8, 4) is 0 Å². The Morgan fingerprint density at radius 1 is 1.26 bits per heavy atom. The van der Waals surface area contributed by atoms with Crippen molar-refractivity contribution in [3.63, 3.8) is 0 Å². The molecule has 0 amide bonds. The molecule has 0 saturated carbocycles. The van der Waals surface area contributed by atoms with Gasteiger partial charge in [0.25, 0.3) is 0 Å². The minimum absolute atomic E-state index is 0.0722. The molecule has 2 rings (SSSR count). The van der Waals surface area contributed by atoms with Crippen LogP contribution in [0.25, 0.3) is 11.0 Å². The first-order valence-electron chi connectivity index (χ1n) is 6.60. The molecule has 0 aliphatic carbocycles. The number of anilines is 1. The molecule has 0 atom stereocenters. The van der Waals surface area contributed by atoms with E-state index in [4.69, 9.17) is 14.6 Å². The van der Waals surface area contributed by atoms with Crippen LogP contribution in [0, 0.1) is 10.1 Å². The van der Waals surface area contributed by atoms with E-state index in [0.717, 1.165) is 0 Å². The summed E-state index contributed by atoms with van der Waals surface area (Å²) in [4.78, 5) is 20.5. The second kappa shape index (κ2) is 8.00. The summed E-state index contributed by atoms with van der Waals surface area (Å²) in [5, 5.41) is 29.4. The number of carbonyl (C=O) groups is 1. The van der Waals surface area contributed by atoms with E-state index in [1.54, 1.807) is 0 Å². The Morgan fingerprint density at radius 3 is 2.74 bits per heavy atom. The fourth-order valence-electron chi connectivity index (χ4n) is 1.78. The molecule has 0 aliphatic heterocycles. The second-order valence-corrected chi connectivity index (χ2v) is 4.34. The Hall–Kier alpha value is -2.79. The highest BCUT2D eigenvalue weighted by Crippen LogP contribution is 2.28. The normalized spacial score (nSPS) is 10.8. The number of nitrogens with one attached hydrogen (secondary N) is 1. The maximum absolute atomic E-state index is 10.9. The van der Waals surface area contributed by atoms with Crippen molar-refractivity contribution in [1.82, 2.24) is 10.3 Å². The maximum Gasteiger partial charge on any atom is 0.329 e. The third kappa shape index (κ3) is 4.59. The Labute approximate surface area is 129 Å². The van der Waals surface area contributed by atoms with Crippen LogP contribution in [-0.4, -0.2) is 59.3 Å². The second-order valence-electron chi connectivity index (χ2n) is 4.34. The lowest BCUT2D eigenvalue weighted by molar-refractivity contribution is -0.383. The van der Waals surface area contributed by atoms with Crippen LogP contribution in [0.2, 0.25) is 0 Å². The number of nitro benzene ring substituents is 1. The van der Waals surface area contributed by atoms with Gasteiger partial charge in [0.05, 0.1) is 30.4 Å². The molecule has 124 valence electrons. The van der Waals surface area contributed by atoms with E-state index >= 15 is 0 Å². The van der Waals surface area contributed by atoms with Crippen molar-refractivity contribution in [2.24, 2.45) is 0 Å². The van der Waals surface area contributed by atoms with Gasteiger partial charge in [0, 0.05) is 12.6 Å². The average Bonchev–Trinajstić information content (AvgIpc) is 2.98. The van der Waals surface area contributed by atoms with Crippen molar-refractivity contribution in [2.75, 3.05) is 38.3 Å². The number of non-ortho nitro benzene ring substituents is 1. The molecular weight excluding hydrogens is 312 g/mol. The zero-order valence-corrected chi connectivity index (χ0v) is 11.9. The van der Waals surface area contributed by atoms with E-state index in [-0.39, 0.29) is 36.5 Å². The first-order valence-corrected chi connectivity index (χ1v) is 6.60. The first kappa shape index (κ1) is 16.6. The zero-order chi connectivity index (χ0) is 16.7. The molecule has 11 heteroatoms. The van der Waals surface area contributed by atoms with E-state index in [9.17, 15) is 14.9 Å². The van der Waals surface area contributed by atoms with Crippen LogP contribution < -0.4 is 5.32 Å². The molecule has 2 N–H and O–H groups in total. The summed E-state index contributed by atoms with van der Waals surface area (Å²) in [7, 11) is 0. The third-order valence-corrected chi connectivity index (χ3v) is 2.75. The molecule has 0 unspecified atom stereocenters. The molecule has 0 saturated heterocycles. The fraction of sp³-hybridized carbons (Fsp3) is 0.417. The predicted octanol–water partition coefficient (Wildman–Crippen LogP) is 0.661. The van der Waals surface area contributed by atoms with Crippen LogP contribution in [0.15, 0.2) is 16.8 Å². The highest BCUT2D eigenvalue weighted by Gasteiger charge is 2.19. The molecular formula is C12H14N4O7. The van der Waals surface area contributed by atoms with Crippen molar-refractivity contribution in [2.45, 2.75) is 0 Å². The summed E-state index contributed by atoms with van der Waals surface area (Å²) in [6.45, 7) is 0.831. The van der Waals surface area contributed by atoms with Crippen molar-refractivity contribution in [3.05, 3.63) is 22.2 Å². The predicted molar refractivity (Wildman–Crippen MR) is 76.2 cm³/mol. The van der Waals surface area contributed by atoms with Gasteiger partial charge in [-0.2, -0.15) is 0 Å². The molecule has 23 heavy (non-hydrogen) atoms. The summed E-state index contributed by atoms with van der Waals surface area (Å²) in [5.41, 5.74) is 0.697. The van der Waals surface area contributed by atoms with Gasteiger partial charge in [-0.15, -0.1) is 0 Å². The number of rotatable bonds is 10. The lowest BCUT2D eigenvalue weighted by Gasteiger charge is -2.07. The first-order chi connectivity index (χ1) is 11.1. The Balaban J connectivity index is 1.77. The Morgan fingerprint density at radius 2 is 2.00 bits per heavy atom. The van der Waals surface area contributed by atoms with E-state index in [2.05, 4.69) is 20.3 Å². The van der Waals surface area contributed by atoms with Crippen LogP contribution in [0.5, 0.6) is 0 Å². The number of ether oxygens (including phenoxy) is 2. The summed E-state index contributed by atoms with van der Waals surface area (Å²) in [6.07, 6.45) is 0. The topological polar surface area (TPSA) is 150 Å². The molecule has 0 spiro atoms. The van der Waals surface area contributed by atoms with E-state index in [1.165, 1.54) is 12.1 Å². The number of aromatic nitrogens is 2. The van der Waals surface area contributed by atoms with Crippen molar-refractivity contribution >= 4 is 28.4 Å². The molecule has 1 aromatic carbocycles. The molecule has 0 aliphatic rings. The smallest absolute Gasteiger partial charge is 0.329 e. The minimum Gasteiger partial charge on any atom is -0.480 e. The average molecular weight is 326 g/mol. The quantitative estimate of drug-likeness (QED) is 0.362. The van der Waals surface area contributed by atoms with Gasteiger partial charge in [0.2, 0.25) is 5.52 Å². The van der Waals surface area contributed by atoms with Gasteiger partial charge in [0.1, 0.15) is 6.61 Å².